The Morgan fingerprint density at radius 1 is 0.938 bits per heavy atom. The van der Waals surface area contributed by atoms with Gasteiger partial charge in [-0.2, -0.15) is 0 Å². The van der Waals surface area contributed by atoms with Crippen molar-refractivity contribution in [3.63, 3.8) is 0 Å². The number of ether oxygens (including phenoxy) is 2. The molecule has 1 heterocycles. The minimum Gasteiger partial charge on any atom is -0.493 e. The van der Waals surface area contributed by atoms with Crippen LogP contribution in [0.15, 0.2) is 65.6 Å². The van der Waals surface area contributed by atoms with Crippen molar-refractivity contribution in [2.75, 3.05) is 38.4 Å². The fourth-order valence-electron chi connectivity index (χ4n) is 3.72. The quantitative estimate of drug-likeness (QED) is 0.554. The van der Waals surface area contributed by atoms with Crippen molar-refractivity contribution in [3.05, 3.63) is 60.7 Å². The molecule has 0 radical (unpaired) electrons. The van der Waals surface area contributed by atoms with Crippen molar-refractivity contribution in [2.45, 2.75) is 11.3 Å². The van der Waals surface area contributed by atoms with E-state index >= 15 is 0 Å². The Labute approximate surface area is 191 Å². The summed E-state index contributed by atoms with van der Waals surface area (Å²) in [6.07, 6.45) is 0.746. The van der Waals surface area contributed by atoms with E-state index in [-0.39, 0.29) is 17.7 Å². The standard InChI is InChI=1S/C24H25N3O4S/c1-30-21-12-11-18(15-22(21)31-2)32-16-23(28)26-13-6-14-27(26)24(29)25-20-10-5-8-17-7-3-4-9-19(17)20/h3-5,7-12,15H,6,13-14,16H2,1-2H3,(H,25,29). The summed E-state index contributed by atoms with van der Waals surface area (Å²) in [5, 5.41) is 8.01. The van der Waals surface area contributed by atoms with Crippen LogP contribution >= 0.6 is 11.8 Å². The molecule has 0 bridgehead atoms. The smallest absolute Gasteiger partial charge is 0.340 e. The highest BCUT2D eigenvalue weighted by Crippen LogP contribution is 2.32. The van der Waals surface area contributed by atoms with E-state index in [9.17, 15) is 9.59 Å². The maximum absolute atomic E-state index is 13.0. The lowest BCUT2D eigenvalue weighted by Gasteiger charge is -2.28. The second-order valence-corrected chi connectivity index (χ2v) is 8.30. The Morgan fingerprint density at radius 2 is 1.69 bits per heavy atom. The predicted octanol–water partition coefficient (Wildman–Crippen LogP) is 4.63. The van der Waals surface area contributed by atoms with E-state index in [0.717, 1.165) is 27.8 Å². The van der Waals surface area contributed by atoms with Gasteiger partial charge in [0.05, 0.1) is 25.7 Å². The maximum atomic E-state index is 13.0. The van der Waals surface area contributed by atoms with Crippen LogP contribution in [0.1, 0.15) is 6.42 Å². The van der Waals surface area contributed by atoms with Crippen LogP contribution in [0.4, 0.5) is 10.5 Å². The zero-order valence-electron chi connectivity index (χ0n) is 18.0. The van der Waals surface area contributed by atoms with Gasteiger partial charge in [0, 0.05) is 23.4 Å². The second kappa shape index (κ2) is 9.82. The summed E-state index contributed by atoms with van der Waals surface area (Å²) >= 11 is 1.40. The second-order valence-electron chi connectivity index (χ2n) is 7.26. The van der Waals surface area contributed by atoms with Gasteiger partial charge in [0.15, 0.2) is 11.5 Å². The van der Waals surface area contributed by atoms with Gasteiger partial charge in [-0.3, -0.25) is 4.79 Å². The van der Waals surface area contributed by atoms with Gasteiger partial charge >= 0.3 is 6.03 Å². The summed E-state index contributed by atoms with van der Waals surface area (Å²) in [4.78, 5) is 26.8. The molecule has 0 atom stereocenters. The number of nitrogens with one attached hydrogen (secondary N) is 1. The summed E-state index contributed by atoms with van der Waals surface area (Å²) in [5.74, 6) is 1.35. The molecule has 0 spiro atoms. The van der Waals surface area contributed by atoms with Crippen LogP contribution in [-0.4, -0.2) is 55.0 Å². The third-order valence-electron chi connectivity index (χ3n) is 5.30. The van der Waals surface area contributed by atoms with Crippen LogP contribution < -0.4 is 14.8 Å². The Hall–Kier alpha value is -3.39. The number of fused-ring (bicyclic) bond motifs is 1. The summed E-state index contributed by atoms with van der Waals surface area (Å²) in [5.41, 5.74) is 0.729. The van der Waals surface area contributed by atoms with Crippen molar-refractivity contribution in [1.82, 2.24) is 10.0 Å². The maximum Gasteiger partial charge on any atom is 0.340 e. The van der Waals surface area contributed by atoms with Crippen LogP contribution in [0, 0.1) is 0 Å². The first kappa shape index (κ1) is 21.8. The molecule has 4 rings (SSSR count). The van der Waals surface area contributed by atoms with Crippen molar-refractivity contribution in [3.8, 4) is 11.5 Å². The molecule has 1 fully saturated rings. The summed E-state index contributed by atoms with van der Waals surface area (Å²) < 4.78 is 10.6. The molecule has 1 N–H and O–H groups in total. The fraction of sp³-hybridized carbons (Fsp3) is 0.250. The fourth-order valence-corrected chi connectivity index (χ4v) is 4.52. The predicted molar refractivity (Wildman–Crippen MR) is 126 cm³/mol. The molecule has 3 aromatic carbocycles. The molecule has 1 aliphatic rings. The van der Waals surface area contributed by atoms with Crippen LogP contribution in [-0.2, 0) is 4.79 Å². The molecule has 0 aromatic heterocycles. The van der Waals surface area contributed by atoms with E-state index in [1.54, 1.807) is 14.2 Å². The van der Waals surface area contributed by atoms with Crippen molar-refractivity contribution in [1.29, 1.82) is 0 Å². The minimum atomic E-state index is -0.302. The molecule has 0 saturated carbocycles. The molecular formula is C24H25N3O4S. The Balaban J connectivity index is 1.41. The highest BCUT2D eigenvalue weighted by atomic mass is 32.2. The molecule has 8 heteroatoms. The number of thioether (sulfide) groups is 1. The van der Waals surface area contributed by atoms with Crippen molar-refractivity contribution < 1.29 is 19.1 Å². The van der Waals surface area contributed by atoms with E-state index in [4.69, 9.17) is 9.47 Å². The number of hydrogen-bond donors (Lipinski definition) is 1. The molecule has 32 heavy (non-hydrogen) atoms. The molecule has 1 aliphatic heterocycles. The Morgan fingerprint density at radius 3 is 2.50 bits per heavy atom. The van der Waals surface area contributed by atoms with Crippen LogP contribution in [0.3, 0.4) is 0 Å². The average Bonchev–Trinajstić information content (AvgIpc) is 3.33. The number of hydrogen-bond acceptors (Lipinski definition) is 5. The van der Waals surface area contributed by atoms with Crippen molar-refractivity contribution >= 4 is 40.2 Å². The highest BCUT2D eigenvalue weighted by Gasteiger charge is 2.30. The number of carbonyl (C=O) groups excluding carboxylic acids is 2. The third kappa shape index (κ3) is 4.60. The third-order valence-corrected chi connectivity index (χ3v) is 6.28. The SMILES string of the molecule is COc1ccc(SCC(=O)N2CCCN2C(=O)Nc2cccc3ccccc23)cc1OC. The van der Waals surface area contributed by atoms with Gasteiger partial charge in [0.25, 0.3) is 5.91 Å². The zero-order chi connectivity index (χ0) is 22.5. The van der Waals surface area contributed by atoms with E-state index in [0.29, 0.717) is 24.6 Å². The zero-order valence-corrected chi connectivity index (χ0v) is 18.9. The first-order chi connectivity index (χ1) is 15.6. The number of rotatable bonds is 6. The summed E-state index contributed by atoms with van der Waals surface area (Å²) in [7, 11) is 3.16. The normalized spacial score (nSPS) is 13.3. The lowest BCUT2D eigenvalue weighted by molar-refractivity contribution is -0.136. The first-order valence-corrected chi connectivity index (χ1v) is 11.3. The molecule has 1 saturated heterocycles. The van der Waals surface area contributed by atoms with E-state index < -0.39 is 0 Å². The minimum absolute atomic E-state index is 0.115. The van der Waals surface area contributed by atoms with Crippen molar-refractivity contribution in [2.24, 2.45) is 0 Å². The Bertz CT molecular complexity index is 1130. The highest BCUT2D eigenvalue weighted by molar-refractivity contribution is 8.00. The number of benzene rings is 3. The van der Waals surface area contributed by atoms with Gasteiger partial charge in [-0.15, -0.1) is 11.8 Å². The molecule has 3 aromatic rings. The molecular weight excluding hydrogens is 426 g/mol. The van der Waals surface area contributed by atoms with E-state index in [2.05, 4.69) is 5.32 Å². The number of carbonyl (C=O) groups is 2. The van der Waals surface area contributed by atoms with Crippen LogP contribution in [0.2, 0.25) is 0 Å². The molecule has 0 aliphatic carbocycles. The lowest BCUT2D eigenvalue weighted by atomic mass is 10.1. The van der Waals surface area contributed by atoms with E-state index in [1.807, 2.05) is 60.7 Å². The molecule has 3 amide bonds. The molecule has 0 unspecified atom stereocenters. The van der Waals surface area contributed by atoms with Crippen LogP contribution in [0.5, 0.6) is 11.5 Å². The average molecular weight is 452 g/mol. The Kier molecular flexibility index (Phi) is 6.70. The van der Waals surface area contributed by atoms with Gasteiger partial charge in [-0.1, -0.05) is 36.4 Å². The largest absolute Gasteiger partial charge is 0.493 e. The number of nitrogens with zero attached hydrogens (tertiary/aromatic N) is 2. The summed E-state index contributed by atoms with van der Waals surface area (Å²) in [6, 6.07) is 18.9. The van der Waals surface area contributed by atoms with Gasteiger partial charge in [-0.05, 0) is 36.1 Å². The van der Waals surface area contributed by atoms with E-state index in [1.165, 1.54) is 21.8 Å². The number of anilines is 1. The topological polar surface area (TPSA) is 71.1 Å². The number of urea groups is 1. The van der Waals surface area contributed by atoms with Gasteiger partial charge < -0.3 is 14.8 Å². The molecule has 166 valence electrons. The number of hydrazine groups is 1. The number of amides is 3. The first-order valence-electron chi connectivity index (χ1n) is 10.3. The lowest BCUT2D eigenvalue weighted by Crippen LogP contribution is -2.47. The van der Waals surface area contributed by atoms with Gasteiger partial charge in [0.2, 0.25) is 0 Å². The summed E-state index contributed by atoms with van der Waals surface area (Å²) in [6.45, 7) is 1.03. The van der Waals surface area contributed by atoms with Gasteiger partial charge in [0.1, 0.15) is 0 Å². The van der Waals surface area contributed by atoms with Gasteiger partial charge in [-0.25, -0.2) is 14.8 Å². The number of methoxy groups -OCH3 is 2. The monoisotopic (exact) mass is 451 g/mol. The van der Waals surface area contributed by atoms with Crippen LogP contribution in [0.25, 0.3) is 10.8 Å². The molecule has 7 nitrogen and oxygen atoms in total.